The first-order valence-electron chi connectivity index (χ1n) is 4.28. The topological polar surface area (TPSA) is 26.0 Å². The van der Waals surface area contributed by atoms with Gasteiger partial charge in [0.2, 0.25) is 0 Å². The molecule has 0 aliphatic rings. The second kappa shape index (κ2) is 4.19. The van der Waals surface area contributed by atoms with Crippen molar-refractivity contribution in [3.8, 4) is 0 Å². The Bertz CT molecular complexity index is 306. The first-order valence-corrected chi connectivity index (χ1v) is 4.28. The molecule has 0 aliphatic heterocycles. The van der Waals surface area contributed by atoms with Gasteiger partial charge in [0.1, 0.15) is 5.82 Å². The lowest BCUT2D eigenvalue weighted by molar-refractivity contribution is 0.625. The molecule has 70 valence electrons. The van der Waals surface area contributed by atoms with Gasteiger partial charge in [-0.05, 0) is 42.7 Å². The zero-order chi connectivity index (χ0) is 9.84. The summed E-state index contributed by atoms with van der Waals surface area (Å²) >= 11 is 0. The highest BCUT2D eigenvalue weighted by Gasteiger charge is 2.01. The third-order valence-electron chi connectivity index (χ3n) is 1.98. The van der Waals surface area contributed by atoms with E-state index in [0.29, 0.717) is 6.54 Å². The van der Waals surface area contributed by atoms with Crippen LogP contribution in [0.4, 0.5) is 4.39 Å². The van der Waals surface area contributed by atoms with Gasteiger partial charge in [-0.1, -0.05) is 12.2 Å². The molecule has 2 heteroatoms. The summed E-state index contributed by atoms with van der Waals surface area (Å²) in [6.45, 7) is 4.30. The molecule has 0 saturated carbocycles. The fraction of sp³-hybridized carbons (Fsp3) is 0.273. The summed E-state index contributed by atoms with van der Waals surface area (Å²) in [6, 6.07) is 3.06. The Morgan fingerprint density at radius 1 is 1.31 bits per heavy atom. The van der Waals surface area contributed by atoms with Crippen molar-refractivity contribution in [3.63, 3.8) is 0 Å². The molecule has 0 fully saturated rings. The van der Waals surface area contributed by atoms with E-state index in [1.54, 1.807) is 0 Å². The monoisotopic (exact) mass is 179 g/mol. The van der Waals surface area contributed by atoms with Crippen LogP contribution in [0.5, 0.6) is 0 Å². The Balaban J connectivity index is 3.13. The Hall–Kier alpha value is -1.15. The highest BCUT2D eigenvalue weighted by atomic mass is 19.1. The van der Waals surface area contributed by atoms with Crippen LogP contribution >= 0.6 is 0 Å². The summed E-state index contributed by atoms with van der Waals surface area (Å²) in [4.78, 5) is 0. The van der Waals surface area contributed by atoms with E-state index in [-0.39, 0.29) is 5.82 Å². The predicted molar refractivity (Wildman–Crippen MR) is 54.0 cm³/mol. The van der Waals surface area contributed by atoms with Gasteiger partial charge in [0, 0.05) is 6.54 Å². The second-order valence-electron chi connectivity index (χ2n) is 3.09. The Morgan fingerprint density at radius 2 is 1.85 bits per heavy atom. The van der Waals surface area contributed by atoms with Crippen molar-refractivity contribution in [2.75, 3.05) is 6.54 Å². The van der Waals surface area contributed by atoms with Crippen molar-refractivity contribution in [2.45, 2.75) is 13.8 Å². The van der Waals surface area contributed by atoms with Gasteiger partial charge >= 0.3 is 0 Å². The minimum atomic E-state index is -0.181. The van der Waals surface area contributed by atoms with E-state index in [0.717, 1.165) is 16.7 Å². The highest BCUT2D eigenvalue weighted by molar-refractivity contribution is 5.57. The van der Waals surface area contributed by atoms with Crippen LogP contribution < -0.4 is 5.73 Å². The normalized spacial score (nSPS) is 11.1. The number of halogens is 1. The minimum Gasteiger partial charge on any atom is -0.327 e. The van der Waals surface area contributed by atoms with Crippen molar-refractivity contribution < 1.29 is 4.39 Å². The standard InChI is InChI=1S/C11H14FN/c1-8-6-10(12)7-9(2)11(8)4-3-5-13/h3-4,6-7H,5,13H2,1-2H3. The zero-order valence-electron chi connectivity index (χ0n) is 7.97. The molecule has 0 heterocycles. The van der Waals surface area contributed by atoms with Crippen LogP contribution in [0.25, 0.3) is 6.08 Å². The quantitative estimate of drug-likeness (QED) is 0.741. The maximum absolute atomic E-state index is 12.9. The van der Waals surface area contributed by atoms with Crippen molar-refractivity contribution in [2.24, 2.45) is 5.73 Å². The smallest absolute Gasteiger partial charge is 0.123 e. The molecule has 0 aliphatic carbocycles. The third-order valence-corrected chi connectivity index (χ3v) is 1.98. The van der Waals surface area contributed by atoms with Crippen LogP contribution in [-0.2, 0) is 0 Å². The van der Waals surface area contributed by atoms with Crippen molar-refractivity contribution in [1.29, 1.82) is 0 Å². The van der Waals surface area contributed by atoms with Gasteiger partial charge in [0.15, 0.2) is 0 Å². The van der Waals surface area contributed by atoms with E-state index in [9.17, 15) is 4.39 Å². The second-order valence-corrected chi connectivity index (χ2v) is 3.09. The number of benzene rings is 1. The molecule has 0 radical (unpaired) electrons. The van der Waals surface area contributed by atoms with Crippen molar-refractivity contribution in [3.05, 3.63) is 40.7 Å². The summed E-state index contributed by atoms with van der Waals surface area (Å²) in [7, 11) is 0. The molecule has 0 amide bonds. The molecule has 1 rings (SSSR count). The lowest BCUT2D eigenvalue weighted by atomic mass is 10.0. The zero-order valence-corrected chi connectivity index (χ0v) is 7.97. The highest BCUT2D eigenvalue weighted by Crippen LogP contribution is 2.17. The van der Waals surface area contributed by atoms with E-state index in [1.165, 1.54) is 12.1 Å². The van der Waals surface area contributed by atoms with Crippen LogP contribution in [0.1, 0.15) is 16.7 Å². The average Bonchev–Trinajstić information content (AvgIpc) is 2.02. The molecule has 0 aromatic heterocycles. The van der Waals surface area contributed by atoms with Gasteiger partial charge in [-0.15, -0.1) is 0 Å². The molecule has 1 nitrogen and oxygen atoms in total. The molecule has 0 bridgehead atoms. The third kappa shape index (κ3) is 2.39. The Labute approximate surface area is 78.1 Å². The summed E-state index contributed by atoms with van der Waals surface area (Å²) in [5.41, 5.74) is 8.30. The molecule has 1 aromatic rings. The Morgan fingerprint density at radius 3 is 2.31 bits per heavy atom. The molecule has 2 N–H and O–H groups in total. The van der Waals surface area contributed by atoms with Gasteiger partial charge in [-0.25, -0.2) is 4.39 Å². The summed E-state index contributed by atoms with van der Waals surface area (Å²) in [5.74, 6) is -0.181. The van der Waals surface area contributed by atoms with E-state index >= 15 is 0 Å². The van der Waals surface area contributed by atoms with Gasteiger partial charge in [-0.2, -0.15) is 0 Å². The van der Waals surface area contributed by atoms with Crippen LogP contribution in [0, 0.1) is 19.7 Å². The first kappa shape index (κ1) is 9.93. The maximum Gasteiger partial charge on any atom is 0.123 e. The van der Waals surface area contributed by atoms with Crippen LogP contribution in [0.3, 0.4) is 0 Å². The van der Waals surface area contributed by atoms with Crippen LogP contribution in [-0.4, -0.2) is 6.54 Å². The molecule has 0 saturated heterocycles. The van der Waals surface area contributed by atoms with E-state index < -0.39 is 0 Å². The fourth-order valence-corrected chi connectivity index (χ4v) is 1.37. The molecular weight excluding hydrogens is 165 g/mol. The minimum absolute atomic E-state index is 0.181. The molecular formula is C11H14FN. The van der Waals surface area contributed by atoms with Crippen LogP contribution in [0.15, 0.2) is 18.2 Å². The summed E-state index contributed by atoms with van der Waals surface area (Å²) < 4.78 is 12.9. The SMILES string of the molecule is Cc1cc(F)cc(C)c1C=CCN. The van der Waals surface area contributed by atoms with Gasteiger partial charge in [0.05, 0.1) is 0 Å². The number of hydrogen-bond donors (Lipinski definition) is 1. The van der Waals surface area contributed by atoms with Crippen molar-refractivity contribution >= 4 is 6.08 Å². The number of aryl methyl sites for hydroxylation is 2. The predicted octanol–water partition coefficient (Wildman–Crippen LogP) is 2.41. The van der Waals surface area contributed by atoms with Crippen molar-refractivity contribution in [1.82, 2.24) is 0 Å². The Kier molecular flexibility index (Phi) is 3.20. The molecule has 0 spiro atoms. The molecule has 0 unspecified atom stereocenters. The van der Waals surface area contributed by atoms with E-state index in [4.69, 9.17) is 5.73 Å². The van der Waals surface area contributed by atoms with Gasteiger partial charge in [-0.3, -0.25) is 0 Å². The first-order chi connectivity index (χ1) is 6.15. The molecule has 1 aromatic carbocycles. The van der Waals surface area contributed by atoms with E-state index in [2.05, 4.69) is 0 Å². The largest absolute Gasteiger partial charge is 0.327 e. The molecule has 13 heavy (non-hydrogen) atoms. The summed E-state index contributed by atoms with van der Waals surface area (Å²) in [6.07, 6.45) is 3.80. The lowest BCUT2D eigenvalue weighted by Gasteiger charge is -2.04. The summed E-state index contributed by atoms with van der Waals surface area (Å²) in [5, 5.41) is 0. The molecule has 0 atom stereocenters. The van der Waals surface area contributed by atoms with Crippen LogP contribution in [0.2, 0.25) is 0 Å². The fourth-order valence-electron chi connectivity index (χ4n) is 1.37. The number of nitrogens with two attached hydrogens (primary N) is 1. The van der Waals surface area contributed by atoms with Gasteiger partial charge < -0.3 is 5.73 Å². The number of rotatable bonds is 2. The number of hydrogen-bond acceptors (Lipinski definition) is 1. The van der Waals surface area contributed by atoms with Gasteiger partial charge in [0.25, 0.3) is 0 Å². The lowest BCUT2D eigenvalue weighted by Crippen LogP contribution is -1.94. The average molecular weight is 179 g/mol. The maximum atomic E-state index is 12.9. The van der Waals surface area contributed by atoms with E-state index in [1.807, 2.05) is 26.0 Å².